The van der Waals surface area contributed by atoms with E-state index in [0.29, 0.717) is 6.04 Å². The number of likely N-dealkylation sites (N-methyl/N-ethyl adjacent to an activating group) is 1. The topological polar surface area (TPSA) is 56.7 Å². The molecule has 2 N–H and O–H groups in total. The predicted molar refractivity (Wildman–Crippen MR) is 112 cm³/mol. The normalized spacial score (nSPS) is 16.3. The number of aliphatic imine (C=N–C) groups is 1. The molecule has 3 rings (SSSR count). The molecule has 0 spiro atoms. The lowest BCUT2D eigenvalue weighted by Gasteiger charge is -2.22. The molecule has 0 aromatic heterocycles. The fourth-order valence-electron chi connectivity index (χ4n) is 3.45. The van der Waals surface area contributed by atoms with Crippen LogP contribution in [0.2, 0.25) is 0 Å². The Morgan fingerprint density at radius 2 is 1.85 bits per heavy atom. The number of carbonyl (C=O) groups is 1. The summed E-state index contributed by atoms with van der Waals surface area (Å²) in [6, 6.07) is 15.4. The van der Waals surface area contributed by atoms with Gasteiger partial charge in [-0.3, -0.25) is 4.79 Å². The van der Waals surface area contributed by atoms with Gasteiger partial charge in [0.05, 0.1) is 6.04 Å². The molecule has 1 atom stereocenters. The third-order valence-electron chi connectivity index (χ3n) is 5.19. The maximum Gasteiger partial charge on any atom is 0.243 e. The number of hydrogen-bond donors (Lipinski definition) is 2. The molecule has 0 bridgehead atoms. The summed E-state index contributed by atoms with van der Waals surface area (Å²) >= 11 is 0. The van der Waals surface area contributed by atoms with Gasteiger partial charge < -0.3 is 15.5 Å². The minimum absolute atomic E-state index is 0.000815. The van der Waals surface area contributed by atoms with Gasteiger partial charge in [0, 0.05) is 20.1 Å². The van der Waals surface area contributed by atoms with Crippen molar-refractivity contribution in [2.24, 2.45) is 4.99 Å². The van der Waals surface area contributed by atoms with Crippen molar-refractivity contribution in [1.29, 1.82) is 0 Å². The largest absolute Gasteiger partial charge is 0.354 e. The van der Waals surface area contributed by atoms with E-state index in [9.17, 15) is 4.79 Å². The highest BCUT2D eigenvalue weighted by Gasteiger charge is 2.18. The van der Waals surface area contributed by atoms with Crippen molar-refractivity contribution in [3.8, 4) is 0 Å². The first-order valence-electron chi connectivity index (χ1n) is 9.79. The summed E-state index contributed by atoms with van der Waals surface area (Å²) in [6.45, 7) is 2.28. The van der Waals surface area contributed by atoms with Gasteiger partial charge in [0.1, 0.15) is 6.54 Å². The number of nitrogens with one attached hydrogen (secondary N) is 2. The zero-order valence-electron chi connectivity index (χ0n) is 16.5. The lowest BCUT2D eigenvalue weighted by atomic mass is 10.0. The van der Waals surface area contributed by atoms with Gasteiger partial charge in [0.15, 0.2) is 5.96 Å². The van der Waals surface area contributed by atoms with Crippen LogP contribution in [0.1, 0.15) is 44.2 Å². The van der Waals surface area contributed by atoms with E-state index >= 15 is 0 Å². The van der Waals surface area contributed by atoms with E-state index in [4.69, 9.17) is 0 Å². The summed E-state index contributed by atoms with van der Waals surface area (Å²) in [5.41, 5.74) is 1.20. The van der Waals surface area contributed by atoms with Crippen molar-refractivity contribution in [2.75, 3.05) is 20.6 Å². The fourth-order valence-corrected chi connectivity index (χ4v) is 3.45. The Hall–Kier alpha value is -2.56. The van der Waals surface area contributed by atoms with Crippen LogP contribution >= 0.6 is 0 Å². The zero-order chi connectivity index (χ0) is 19.2. The average Bonchev–Trinajstić information content (AvgIpc) is 3.18. The van der Waals surface area contributed by atoms with Gasteiger partial charge in [-0.15, -0.1) is 0 Å². The Kier molecular flexibility index (Phi) is 6.32. The van der Waals surface area contributed by atoms with E-state index in [1.165, 1.54) is 29.2 Å². The fraction of sp³-hybridized carbons (Fsp3) is 0.455. The minimum atomic E-state index is 0.000815. The van der Waals surface area contributed by atoms with Crippen molar-refractivity contribution in [3.05, 3.63) is 48.0 Å². The van der Waals surface area contributed by atoms with Crippen LogP contribution in [-0.4, -0.2) is 43.4 Å². The Morgan fingerprint density at radius 3 is 2.56 bits per heavy atom. The molecule has 1 amide bonds. The molecule has 1 aliphatic carbocycles. The highest BCUT2D eigenvalue weighted by Crippen LogP contribution is 2.21. The SMILES string of the molecule is CC(NC(=NCC(=O)N(C)C)NC1CCCC1)c1ccc2ccccc2c1. The van der Waals surface area contributed by atoms with Crippen LogP contribution in [-0.2, 0) is 4.79 Å². The van der Waals surface area contributed by atoms with Crippen molar-refractivity contribution < 1.29 is 4.79 Å². The average molecular weight is 367 g/mol. The number of hydrogen-bond acceptors (Lipinski definition) is 2. The van der Waals surface area contributed by atoms with Gasteiger partial charge in [-0.05, 0) is 42.2 Å². The third kappa shape index (κ3) is 5.22. The molecule has 0 saturated heterocycles. The summed E-state index contributed by atoms with van der Waals surface area (Å²) in [4.78, 5) is 18.1. The van der Waals surface area contributed by atoms with Crippen LogP contribution in [0.5, 0.6) is 0 Å². The van der Waals surface area contributed by atoms with E-state index in [2.05, 4.69) is 65.0 Å². The van der Waals surface area contributed by atoms with Crippen LogP contribution in [0.25, 0.3) is 10.8 Å². The lowest BCUT2D eigenvalue weighted by molar-refractivity contribution is -0.127. The van der Waals surface area contributed by atoms with Crippen LogP contribution in [0.15, 0.2) is 47.5 Å². The lowest BCUT2D eigenvalue weighted by Crippen LogP contribution is -2.44. The molecule has 144 valence electrons. The maximum absolute atomic E-state index is 11.9. The van der Waals surface area contributed by atoms with Crippen molar-refractivity contribution in [2.45, 2.75) is 44.7 Å². The first-order chi connectivity index (χ1) is 13.0. The van der Waals surface area contributed by atoms with Gasteiger partial charge in [0.25, 0.3) is 0 Å². The second-order valence-corrected chi connectivity index (χ2v) is 7.55. The quantitative estimate of drug-likeness (QED) is 0.629. The maximum atomic E-state index is 11.9. The van der Waals surface area contributed by atoms with Gasteiger partial charge in [-0.25, -0.2) is 4.99 Å². The Morgan fingerprint density at radius 1 is 1.15 bits per heavy atom. The third-order valence-corrected chi connectivity index (χ3v) is 5.19. The van der Waals surface area contributed by atoms with E-state index < -0.39 is 0 Å². The van der Waals surface area contributed by atoms with Crippen LogP contribution < -0.4 is 10.6 Å². The number of benzene rings is 2. The molecule has 0 heterocycles. The predicted octanol–water partition coefficient (Wildman–Crippen LogP) is 3.47. The molecule has 5 nitrogen and oxygen atoms in total. The number of nitrogens with zero attached hydrogens (tertiary/aromatic N) is 2. The first-order valence-corrected chi connectivity index (χ1v) is 9.79. The number of amides is 1. The number of carbonyl (C=O) groups excluding carboxylic acids is 1. The summed E-state index contributed by atoms with van der Waals surface area (Å²) in [7, 11) is 3.51. The van der Waals surface area contributed by atoms with Gasteiger partial charge in [-0.2, -0.15) is 0 Å². The van der Waals surface area contributed by atoms with Crippen LogP contribution in [0.4, 0.5) is 0 Å². The van der Waals surface area contributed by atoms with Crippen molar-refractivity contribution in [3.63, 3.8) is 0 Å². The molecular weight excluding hydrogens is 336 g/mol. The molecule has 0 radical (unpaired) electrons. The molecule has 1 unspecified atom stereocenters. The van der Waals surface area contributed by atoms with Crippen LogP contribution in [0, 0.1) is 0 Å². The molecular formula is C22H30N4O. The van der Waals surface area contributed by atoms with Crippen LogP contribution in [0.3, 0.4) is 0 Å². The van der Waals surface area contributed by atoms with E-state index in [1.807, 2.05) is 0 Å². The molecule has 1 saturated carbocycles. The van der Waals surface area contributed by atoms with Crippen molar-refractivity contribution in [1.82, 2.24) is 15.5 Å². The molecule has 2 aromatic carbocycles. The number of rotatable bonds is 5. The first kappa shape index (κ1) is 19.2. The monoisotopic (exact) mass is 366 g/mol. The molecule has 1 fully saturated rings. The Balaban J connectivity index is 1.73. The summed E-state index contributed by atoms with van der Waals surface area (Å²) in [6.07, 6.45) is 4.82. The van der Waals surface area contributed by atoms with E-state index in [1.54, 1.807) is 19.0 Å². The number of fused-ring (bicyclic) bond motifs is 1. The van der Waals surface area contributed by atoms with Gasteiger partial charge in [-0.1, -0.05) is 49.2 Å². The van der Waals surface area contributed by atoms with E-state index in [0.717, 1.165) is 18.8 Å². The Bertz CT molecular complexity index is 809. The van der Waals surface area contributed by atoms with E-state index in [-0.39, 0.29) is 18.5 Å². The zero-order valence-corrected chi connectivity index (χ0v) is 16.5. The molecule has 0 aliphatic heterocycles. The van der Waals surface area contributed by atoms with Crippen molar-refractivity contribution >= 4 is 22.6 Å². The molecule has 2 aromatic rings. The highest BCUT2D eigenvalue weighted by molar-refractivity contribution is 5.86. The Labute approximate surface area is 161 Å². The molecule has 5 heteroatoms. The highest BCUT2D eigenvalue weighted by atomic mass is 16.2. The summed E-state index contributed by atoms with van der Waals surface area (Å²) < 4.78 is 0. The molecule has 27 heavy (non-hydrogen) atoms. The van der Waals surface area contributed by atoms with Gasteiger partial charge >= 0.3 is 0 Å². The minimum Gasteiger partial charge on any atom is -0.354 e. The summed E-state index contributed by atoms with van der Waals surface area (Å²) in [5, 5.41) is 9.47. The molecule has 1 aliphatic rings. The standard InChI is InChI=1S/C22H30N4O/c1-16(18-13-12-17-8-4-5-9-19(17)14-18)24-22(23-15-21(27)26(2)3)25-20-10-6-7-11-20/h4-5,8-9,12-14,16,20H,6-7,10-11,15H2,1-3H3,(H2,23,24,25). The second kappa shape index (κ2) is 8.89. The summed E-state index contributed by atoms with van der Waals surface area (Å²) in [5.74, 6) is 0.721. The number of guanidine groups is 1. The van der Waals surface area contributed by atoms with Gasteiger partial charge in [0.2, 0.25) is 5.91 Å². The second-order valence-electron chi connectivity index (χ2n) is 7.55. The smallest absolute Gasteiger partial charge is 0.243 e.